The van der Waals surface area contributed by atoms with Crippen LogP contribution in [0.25, 0.3) is 28.3 Å². The topological polar surface area (TPSA) is 122 Å². The van der Waals surface area contributed by atoms with Gasteiger partial charge in [0.25, 0.3) is 0 Å². The van der Waals surface area contributed by atoms with Crippen LogP contribution in [0.4, 0.5) is 17.3 Å². The molecule has 206 valence electrons. The van der Waals surface area contributed by atoms with Crippen molar-refractivity contribution in [2.24, 2.45) is 0 Å². The highest BCUT2D eigenvalue weighted by Crippen LogP contribution is 2.33. The van der Waals surface area contributed by atoms with Crippen LogP contribution in [0.1, 0.15) is 11.1 Å². The zero-order valence-corrected chi connectivity index (χ0v) is 22.4. The van der Waals surface area contributed by atoms with Crippen LogP contribution in [-0.4, -0.2) is 36.3 Å². The van der Waals surface area contributed by atoms with Gasteiger partial charge in [0.15, 0.2) is 0 Å². The van der Waals surface area contributed by atoms with Crippen molar-refractivity contribution in [3.05, 3.63) is 127 Å². The van der Waals surface area contributed by atoms with Gasteiger partial charge in [-0.2, -0.15) is 0 Å². The molecule has 3 aromatic heterocycles. The molecule has 0 aliphatic heterocycles. The number of nitrogens with one attached hydrogen (secondary N) is 2. The summed E-state index contributed by atoms with van der Waals surface area (Å²) in [7, 11) is 0. The fourth-order valence-electron chi connectivity index (χ4n) is 4.79. The number of rotatable bonds is 9. The standard InChI is InChI=1S/C33H26N6O3/c40-29(19-22-8-2-1-3-9-22)35-26-13-7-11-24(21-26)31-32(39-17-5-4-14-28(39)38-31)27-15-16-34-33(37-27)36-25-12-6-10-23(18-25)20-30(41)42/h1-18,21H,19-20H2,(H,35,40)(H,41,42)(H,34,36,37). The Balaban J connectivity index is 1.33. The number of hydrogen-bond acceptors (Lipinski definition) is 6. The summed E-state index contributed by atoms with van der Waals surface area (Å²) in [6, 6.07) is 31.9. The molecule has 6 aromatic rings. The average molecular weight is 555 g/mol. The first-order valence-corrected chi connectivity index (χ1v) is 13.3. The second kappa shape index (κ2) is 11.7. The Kier molecular flexibility index (Phi) is 7.37. The molecule has 3 heterocycles. The van der Waals surface area contributed by atoms with E-state index in [1.165, 1.54) is 0 Å². The molecule has 0 unspecified atom stereocenters. The van der Waals surface area contributed by atoms with E-state index >= 15 is 0 Å². The molecule has 0 fully saturated rings. The number of aromatic nitrogens is 4. The summed E-state index contributed by atoms with van der Waals surface area (Å²) in [5, 5.41) is 15.3. The number of hydrogen-bond donors (Lipinski definition) is 3. The number of fused-ring (bicyclic) bond motifs is 1. The molecule has 0 aliphatic rings. The molecule has 6 rings (SSSR count). The third-order valence-corrected chi connectivity index (χ3v) is 6.59. The number of pyridine rings is 1. The Morgan fingerprint density at radius 3 is 2.40 bits per heavy atom. The van der Waals surface area contributed by atoms with E-state index in [1.807, 2.05) is 95.5 Å². The maximum atomic E-state index is 12.7. The monoisotopic (exact) mass is 554 g/mol. The first-order chi connectivity index (χ1) is 20.5. The van der Waals surface area contributed by atoms with Gasteiger partial charge in [-0.1, -0.05) is 60.7 Å². The molecule has 3 N–H and O–H groups in total. The highest BCUT2D eigenvalue weighted by molar-refractivity contribution is 5.93. The second-order valence-electron chi connectivity index (χ2n) is 9.69. The predicted molar refractivity (Wildman–Crippen MR) is 161 cm³/mol. The Morgan fingerprint density at radius 1 is 0.762 bits per heavy atom. The third-order valence-electron chi connectivity index (χ3n) is 6.59. The molecule has 0 radical (unpaired) electrons. The maximum absolute atomic E-state index is 12.7. The molecular weight excluding hydrogens is 528 g/mol. The molecule has 9 heteroatoms. The van der Waals surface area contributed by atoms with E-state index in [2.05, 4.69) is 15.6 Å². The van der Waals surface area contributed by atoms with Gasteiger partial charge in [0.1, 0.15) is 5.65 Å². The van der Waals surface area contributed by atoms with E-state index in [0.29, 0.717) is 34.3 Å². The van der Waals surface area contributed by atoms with Gasteiger partial charge in [-0.05, 0) is 53.6 Å². The van der Waals surface area contributed by atoms with Gasteiger partial charge in [0.05, 0.1) is 29.9 Å². The predicted octanol–water partition coefficient (Wildman–Crippen LogP) is 6.01. The molecule has 3 aromatic carbocycles. The zero-order chi connectivity index (χ0) is 28.9. The van der Waals surface area contributed by atoms with Crippen LogP contribution in [0.15, 0.2) is 116 Å². The lowest BCUT2D eigenvalue weighted by molar-refractivity contribution is -0.136. The van der Waals surface area contributed by atoms with Gasteiger partial charge < -0.3 is 15.7 Å². The molecule has 1 amide bonds. The molecule has 0 aliphatic carbocycles. The lowest BCUT2D eigenvalue weighted by Crippen LogP contribution is -2.14. The number of benzene rings is 3. The number of imidazole rings is 1. The Labute approximate surface area is 241 Å². The number of carbonyl (C=O) groups excluding carboxylic acids is 1. The van der Waals surface area contributed by atoms with Crippen LogP contribution >= 0.6 is 0 Å². The maximum Gasteiger partial charge on any atom is 0.307 e. The van der Waals surface area contributed by atoms with Gasteiger partial charge in [-0.3, -0.25) is 14.0 Å². The van der Waals surface area contributed by atoms with Crippen molar-refractivity contribution < 1.29 is 14.7 Å². The summed E-state index contributed by atoms with van der Waals surface area (Å²) in [4.78, 5) is 38.0. The van der Waals surface area contributed by atoms with Gasteiger partial charge in [-0.15, -0.1) is 0 Å². The third kappa shape index (κ3) is 6.00. The van der Waals surface area contributed by atoms with E-state index in [-0.39, 0.29) is 18.7 Å². The first kappa shape index (κ1) is 26.4. The highest BCUT2D eigenvalue weighted by Gasteiger charge is 2.18. The van der Waals surface area contributed by atoms with Crippen molar-refractivity contribution in [2.45, 2.75) is 12.8 Å². The molecule has 0 saturated heterocycles. The Hall–Kier alpha value is -5.83. The second-order valence-corrected chi connectivity index (χ2v) is 9.69. The van der Waals surface area contributed by atoms with Crippen LogP contribution in [0.2, 0.25) is 0 Å². The van der Waals surface area contributed by atoms with Gasteiger partial charge in [-0.25, -0.2) is 15.0 Å². The minimum Gasteiger partial charge on any atom is -0.481 e. The van der Waals surface area contributed by atoms with Gasteiger partial charge in [0.2, 0.25) is 11.9 Å². The van der Waals surface area contributed by atoms with Gasteiger partial charge in [0, 0.05) is 29.3 Å². The molecular formula is C33H26N6O3. The van der Waals surface area contributed by atoms with Crippen molar-refractivity contribution in [3.63, 3.8) is 0 Å². The number of nitrogens with zero attached hydrogens (tertiary/aromatic N) is 4. The quantitative estimate of drug-likeness (QED) is 0.200. The van der Waals surface area contributed by atoms with E-state index in [0.717, 1.165) is 22.5 Å². The highest BCUT2D eigenvalue weighted by atomic mass is 16.4. The fourth-order valence-corrected chi connectivity index (χ4v) is 4.79. The number of amides is 1. The molecule has 0 saturated carbocycles. The minimum absolute atomic E-state index is 0.0760. The summed E-state index contributed by atoms with van der Waals surface area (Å²) < 4.78 is 1.97. The van der Waals surface area contributed by atoms with E-state index in [1.54, 1.807) is 24.4 Å². The summed E-state index contributed by atoms with van der Waals surface area (Å²) in [6.07, 6.45) is 3.79. The van der Waals surface area contributed by atoms with E-state index < -0.39 is 5.97 Å². The average Bonchev–Trinajstić information content (AvgIpc) is 3.38. The number of carboxylic acids is 1. The van der Waals surface area contributed by atoms with Crippen LogP contribution in [0.5, 0.6) is 0 Å². The molecule has 42 heavy (non-hydrogen) atoms. The summed E-state index contributed by atoms with van der Waals surface area (Å²) in [6.45, 7) is 0. The normalized spacial score (nSPS) is 10.9. The lowest BCUT2D eigenvalue weighted by Gasteiger charge is -2.10. The summed E-state index contributed by atoms with van der Waals surface area (Å²) in [5.74, 6) is -0.642. The molecule has 9 nitrogen and oxygen atoms in total. The van der Waals surface area contributed by atoms with E-state index in [9.17, 15) is 9.59 Å². The number of aliphatic carboxylic acids is 1. The van der Waals surface area contributed by atoms with Crippen LogP contribution in [-0.2, 0) is 22.4 Å². The number of carbonyl (C=O) groups is 2. The van der Waals surface area contributed by atoms with Gasteiger partial charge >= 0.3 is 5.97 Å². The van der Waals surface area contributed by atoms with E-state index in [4.69, 9.17) is 15.1 Å². The fraction of sp³-hybridized carbons (Fsp3) is 0.0606. The van der Waals surface area contributed by atoms with Crippen molar-refractivity contribution >= 4 is 34.8 Å². The molecule has 0 atom stereocenters. The van der Waals surface area contributed by atoms with Crippen molar-refractivity contribution in [1.82, 2.24) is 19.4 Å². The first-order valence-electron chi connectivity index (χ1n) is 13.3. The largest absolute Gasteiger partial charge is 0.481 e. The van der Waals surface area contributed by atoms with Crippen LogP contribution in [0, 0.1) is 0 Å². The molecule has 0 spiro atoms. The smallest absolute Gasteiger partial charge is 0.307 e. The zero-order valence-electron chi connectivity index (χ0n) is 22.4. The van der Waals surface area contributed by atoms with Crippen molar-refractivity contribution in [1.29, 1.82) is 0 Å². The lowest BCUT2D eigenvalue weighted by atomic mass is 10.1. The summed E-state index contributed by atoms with van der Waals surface area (Å²) >= 11 is 0. The van der Waals surface area contributed by atoms with Crippen LogP contribution < -0.4 is 10.6 Å². The van der Waals surface area contributed by atoms with Crippen LogP contribution in [0.3, 0.4) is 0 Å². The Morgan fingerprint density at radius 2 is 1.55 bits per heavy atom. The van der Waals surface area contributed by atoms with Crippen molar-refractivity contribution in [3.8, 4) is 22.6 Å². The molecule has 0 bridgehead atoms. The minimum atomic E-state index is -0.898. The summed E-state index contributed by atoms with van der Waals surface area (Å²) in [5.41, 5.74) is 6.64. The van der Waals surface area contributed by atoms with Crippen molar-refractivity contribution in [2.75, 3.05) is 10.6 Å². The SMILES string of the molecule is O=C(O)Cc1cccc(Nc2nccc(-c3c(-c4cccc(NC(=O)Cc5ccccc5)c4)nc4ccccn34)n2)c1. The number of carboxylic acid groups (broad SMARTS) is 1. The Bertz CT molecular complexity index is 1900. The number of anilines is 3.